The molecule has 128 valence electrons. The highest BCUT2D eigenvalue weighted by molar-refractivity contribution is 5.82. The fourth-order valence-electron chi connectivity index (χ4n) is 2.98. The van der Waals surface area contributed by atoms with Crippen LogP contribution in [0.1, 0.15) is 31.7 Å². The Labute approximate surface area is 138 Å². The quantitative estimate of drug-likeness (QED) is 0.795. The van der Waals surface area contributed by atoms with Gasteiger partial charge in [-0.05, 0) is 24.1 Å². The van der Waals surface area contributed by atoms with E-state index in [9.17, 15) is 4.79 Å². The molecule has 1 aliphatic rings. The summed E-state index contributed by atoms with van der Waals surface area (Å²) in [5, 5.41) is 8.85. The van der Waals surface area contributed by atoms with E-state index in [0.717, 1.165) is 50.2 Å². The number of aliphatic hydroxyl groups is 1. The van der Waals surface area contributed by atoms with Crippen LogP contribution in [0.2, 0.25) is 0 Å². The molecule has 23 heavy (non-hydrogen) atoms. The highest BCUT2D eigenvalue weighted by atomic mass is 16.5. The number of unbranched alkanes of at least 4 members (excludes halogenated alkanes) is 1. The summed E-state index contributed by atoms with van der Waals surface area (Å²) < 4.78 is 5.47. The van der Waals surface area contributed by atoms with Crippen LogP contribution in [0, 0.1) is 0 Å². The van der Waals surface area contributed by atoms with Crippen molar-refractivity contribution in [2.75, 3.05) is 33.4 Å². The Morgan fingerprint density at radius 2 is 2.17 bits per heavy atom. The van der Waals surface area contributed by atoms with Crippen molar-refractivity contribution in [3.8, 4) is 5.75 Å². The number of rotatable bonds is 8. The summed E-state index contributed by atoms with van der Waals surface area (Å²) >= 11 is 0. The first-order valence-corrected chi connectivity index (χ1v) is 8.47. The summed E-state index contributed by atoms with van der Waals surface area (Å²) in [5.74, 6) is 1.000. The van der Waals surface area contributed by atoms with E-state index in [1.807, 2.05) is 30.1 Å². The van der Waals surface area contributed by atoms with Gasteiger partial charge in [-0.3, -0.25) is 9.69 Å². The van der Waals surface area contributed by atoms with Crippen molar-refractivity contribution in [2.24, 2.45) is 0 Å². The first kappa shape index (κ1) is 17.8. The second-order valence-electron chi connectivity index (χ2n) is 6.11. The van der Waals surface area contributed by atoms with Gasteiger partial charge in [-0.1, -0.05) is 31.9 Å². The zero-order valence-corrected chi connectivity index (χ0v) is 14.2. The number of nitrogens with zero attached hydrogens (tertiary/aromatic N) is 2. The summed E-state index contributed by atoms with van der Waals surface area (Å²) in [5.41, 5.74) is 1.14. The summed E-state index contributed by atoms with van der Waals surface area (Å²) in [6.45, 7) is 4.90. The fourth-order valence-corrected chi connectivity index (χ4v) is 2.98. The van der Waals surface area contributed by atoms with E-state index in [1.54, 1.807) is 0 Å². The average Bonchev–Trinajstić information content (AvgIpc) is 2.56. The second kappa shape index (κ2) is 8.89. The molecule has 1 unspecified atom stereocenters. The SMILES string of the molecule is CCCCC1C(=O)N(C)CCN1Cc1cccc(OCCO)c1. The maximum atomic E-state index is 12.5. The van der Waals surface area contributed by atoms with E-state index in [4.69, 9.17) is 9.84 Å². The van der Waals surface area contributed by atoms with Crippen LogP contribution >= 0.6 is 0 Å². The molecule has 0 spiro atoms. The molecule has 1 aromatic rings. The number of amides is 1. The van der Waals surface area contributed by atoms with E-state index in [0.29, 0.717) is 6.61 Å². The molecule has 1 aromatic carbocycles. The molecule has 1 aliphatic heterocycles. The van der Waals surface area contributed by atoms with Gasteiger partial charge in [-0.2, -0.15) is 0 Å². The Hall–Kier alpha value is -1.59. The molecule has 1 heterocycles. The number of hydrogen-bond donors (Lipinski definition) is 1. The van der Waals surface area contributed by atoms with Crippen molar-refractivity contribution in [2.45, 2.75) is 38.8 Å². The van der Waals surface area contributed by atoms with Crippen LogP contribution in [0.15, 0.2) is 24.3 Å². The molecule has 1 amide bonds. The maximum Gasteiger partial charge on any atom is 0.239 e. The minimum absolute atomic E-state index is 0.0102. The lowest BCUT2D eigenvalue weighted by molar-refractivity contribution is -0.140. The van der Waals surface area contributed by atoms with Crippen molar-refractivity contribution in [1.82, 2.24) is 9.80 Å². The van der Waals surface area contributed by atoms with Crippen LogP contribution in [0.5, 0.6) is 5.75 Å². The van der Waals surface area contributed by atoms with Gasteiger partial charge in [-0.15, -0.1) is 0 Å². The smallest absolute Gasteiger partial charge is 0.239 e. The molecule has 1 atom stereocenters. The Morgan fingerprint density at radius 1 is 1.35 bits per heavy atom. The van der Waals surface area contributed by atoms with Crippen molar-refractivity contribution in [3.05, 3.63) is 29.8 Å². The third kappa shape index (κ3) is 4.94. The second-order valence-corrected chi connectivity index (χ2v) is 6.11. The van der Waals surface area contributed by atoms with Gasteiger partial charge in [0.05, 0.1) is 12.6 Å². The van der Waals surface area contributed by atoms with E-state index < -0.39 is 0 Å². The largest absolute Gasteiger partial charge is 0.491 e. The Morgan fingerprint density at radius 3 is 2.91 bits per heavy atom. The first-order chi connectivity index (χ1) is 11.2. The topological polar surface area (TPSA) is 53.0 Å². The molecule has 2 rings (SSSR count). The first-order valence-electron chi connectivity index (χ1n) is 8.47. The standard InChI is InChI=1S/C18H28N2O3/c1-3-4-8-17-18(22)19(2)9-10-20(17)14-15-6-5-7-16(13-15)23-12-11-21/h5-7,13,17,21H,3-4,8-12,14H2,1-2H3. The summed E-state index contributed by atoms with van der Waals surface area (Å²) in [6.07, 6.45) is 3.09. The lowest BCUT2D eigenvalue weighted by Gasteiger charge is -2.39. The van der Waals surface area contributed by atoms with Gasteiger partial charge in [0.2, 0.25) is 5.91 Å². The number of likely N-dealkylation sites (N-methyl/N-ethyl adjacent to an activating group) is 1. The predicted octanol–water partition coefficient (Wildman–Crippen LogP) is 1.89. The number of carbonyl (C=O) groups excluding carboxylic acids is 1. The minimum Gasteiger partial charge on any atom is -0.491 e. The average molecular weight is 320 g/mol. The van der Waals surface area contributed by atoms with E-state index >= 15 is 0 Å². The Kier molecular flexibility index (Phi) is 6.86. The van der Waals surface area contributed by atoms with Crippen LogP contribution in [0.4, 0.5) is 0 Å². The fraction of sp³-hybridized carbons (Fsp3) is 0.611. The lowest BCUT2D eigenvalue weighted by atomic mass is 10.0. The molecule has 5 heteroatoms. The summed E-state index contributed by atoms with van der Waals surface area (Å²) in [7, 11) is 1.89. The molecule has 5 nitrogen and oxygen atoms in total. The molecule has 1 saturated heterocycles. The molecular formula is C18H28N2O3. The van der Waals surface area contributed by atoms with Gasteiger partial charge >= 0.3 is 0 Å². The van der Waals surface area contributed by atoms with Gasteiger partial charge in [0, 0.05) is 26.7 Å². The van der Waals surface area contributed by atoms with E-state index in [2.05, 4.69) is 17.9 Å². The number of hydrogen-bond acceptors (Lipinski definition) is 4. The van der Waals surface area contributed by atoms with Gasteiger partial charge in [0.15, 0.2) is 0 Å². The maximum absolute atomic E-state index is 12.5. The van der Waals surface area contributed by atoms with Crippen LogP contribution < -0.4 is 4.74 Å². The van der Waals surface area contributed by atoms with Gasteiger partial charge in [-0.25, -0.2) is 0 Å². The molecular weight excluding hydrogens is 292 g/mol. The minimum atomic E-state index is -0.0179. The van der Waals surface area contributed by atoms with Gasteiger partial charge in [0.1, 0.15) is 12.4 Å². The Bertz CT molecular complexity index is 507. The third-order valence-corrected chi connectivity index (χ3v) is 4.30. The molecule has 0 aliphatic carbocycles. The summed E-state index contributed by atoms with van der Waals surface area (Å²) in [4.78, 5) is 16.6. The number of piperazine rings is 1. The molecule has 0 radical (unpaired) electrons. The molecule has 0 bridgehead atoms. The molecule has 0 aromatic heterocycles. The van der Waals surface area contributed by atoms with Gasteiger partial charge < -0.3 is 14.7 Å². The van der Waals surface area contributed by atoms with Crippen molar-refractivity contribution in [1.29, 1.82) is 0 Å². The highest BCUT2D eigenvalue weighted by Gasteiger charge is 2.32. The third-order valence-electron chi connectivity index (χ3n) is 4.30. The van der Waals surface area contributed by atoms with E-state index in [1.165, 1.54) is 0 Å². The highest BCUT2D eigenvalue weighted by Crippen LogP contribution is 2.21. The molecule has 0 saturated carbocycles. The molecule has 1 N–H and O–H groups in total. The van der Waals surface area contributed by atoms with Crippen LogP contribution in [0.3, 0.4) is 0 Å². The number of carbonyl (C=O) groups is 1. The summed E-state index contributed by atoms with van der Waals surface area (Å²) in [6, 6.07) is 7.89. The number of aliphatic hydroxyl groups excluding tert-OH is 1. The van der Waals surface area contributed by atoms with Gasteiger partial charge in [0.25, 0.3) is 0 Å². The van der Waals surface area contributed by atoms with Crippen LogP contribution in [-0.4, -0.2) is 60.2 Å². The number of ether oxygens (including phenoxy) is 1. The van der Waals surface area contributed by atoms with Crippen LogP contribution in [-0.2, 0) is 11.3 Å². The van der Waals surface area contributed by atoms with E-state index in [-0.39, 0.29) is 18.6 Å². The normalized spacial score (nSPS) is 19.2. The van der Waals surface area contributed by atoms with Crippen molar-refractivity contribution < 1.29 is 14.6 Å². The van der Waals surface area contributed by atoms with Crippen molar-refractivity contribution in [3.63, 3.8) is 0 Å². The van der Waals surface area contributed by atoms with Crippen molar-refractivity contribution >= 4 is 5.91 Å². The Balaban J connectivity index is 2.05. The monoisotopic (exact) mass is 320 g/mol. The zero-order valence-electron chi connectivity index (χ0n) is 14.2. The molecule has 1 fully saturated rings. The number of benzene rings is 1. The zero-order chi connectivity index (χ0) is 16.7. The predicted molar refractivity (Wildman–Crippen MR) is 90.4 cm³/mol. The lowest BCUT2D eigenvalue weighted by Crippen LogP contribution is -2.55. The van der Waals surface area contributed by atoms with Crippen LogP contribution in [0.25, 0.3) is 0 Å².